The summed E-state index contributed by atoms with van der Waals surface area (Å²) in [4.78, 5) is 20.8. The molecule has 1 aromatic heterocycles. The lowest BCUT2D eigenvalue weighted by atomic mass is 10.0. The van der Waals surface area contributed by atoms with Gasteiger partial charge in [0.2, 0.25) is 0 Å². The maximum atomic E-state index is 13.7. The van der Waals surface area contributed by atoms with Gasteiger partial charge in [-0.3, -0.25) is 9.89 Å². The number of likely N-dealkylation sites (tertiary alicyclic amines) is 1. The molecule has 42 heavy (non-hydrogen) atoms. The molecule has 0 atom stereocenters. The van der Waals surface area contributed by atoms with Crippen LogP contribution in [0.5, 0.6) is 0 Å². The zero-order valence-electron chi connectivity index (χ0n) is 24.1. The number of hydrogen-bond acceptors (Lipinski definition) is 6. The minimum absolute atomic E-state index is 0.249. The van der Waals surface area contributed by atoms with Crippen molar-refractivity contribution in [2.24, 2.45) is 0 Å². The minimum atomic E-state index is -0.606. The van der Waals surface area contributed by atoms with Gasteiger partial charge in [-0.2, -0.15) is 5.10 Å². The average Bonchev–Trinajstić information content (AvgIpc) is 3.36. The number of likely N-dealkylation sites (N-methyl/N-ethyl adjacent to an activating group) is 1. The number of aromatic nitrogens is 2. The number of benzene rings is 3. The Labute approximate surface area is 244 Å². The summed E-state index contributed by atoms with van der Waals surface area (Å²) in [6, 6.07) is 15.5. The summed E-state index contributed by atoms with van der Waals surface area (Å²) >= 11 is 0. The molecule has 2 fully saturated rings. The number of hydrogen-bond donors (Lipinski definition) is 3. The maximum absolute atomic E-state index is 13.7. The normalized spacial score (nSPS) is 17.1. The van der Waals surface area contributed by atoms with Crippen LogP contribution in [-0.2, 0) is 6.42 Å². The Morgan fingerprint density at radius 2 is 1.60 bits per heavy atom. The summed E-state index contributed by atoms with van der Waals surface area (Å²) in [5.41, 5.74) is 4.64. The minimum Gasteiger partial charge on any atom is -0.382 e. The van der Waals surface area contributed by atoms with Gasteiger partial charge in [-0.1, -0.05) is 6.07 Å². The number of piperazine rings is 1. The number of carbonyl (C=O) groups is 1. The number of fused-ring (bicyclic) bond motifs is 1. The van der Waals surface area contributed by atoms with Gasteiger partial charge in [-0.25, -0.2) is 8.78 Å². The van der Waals surface area contributed by atoms with E-state index in [0.717, 1.165) is 86.0 Å². The van der Waals surface area contributed by atoms with Crippen LogP contribution in [0.15, 0.2) is 54.6 Å². The lowest BCUT2D eigenvalue weighted by Crippen LogP contribution is -2.44. The fraction of sp³-hybridized carbons (Fsp3) is 0.375. The van der Waals surface area contributed by atoms with Crippen molar-refractivity contribution in [3.05, 3.63) is 82.9 Å². The van der Waals surface area contributed by atoms with Crippen molar-refractivity contribution in [2.45, 2.75) is 25.3 Å². The quantitative estimate of drug-likeness (QED) is 0.291. The molecule has 220 valence electrons. The van der Waals surface area contributed by atoms with E-state index in [4.69, 9.17) is 0 Å². The van der Waals surface area contributed by atoms with Crippen LogP contribution in [0, 0.1) is 11.6 Å². The zero-order chi connectivity index (χ0) is 29.2. The molecule has 2 saturated heterocycles. The summed E-state index contributed by atoms with van der Waals surface area (Å²) in [7, 11) is 4.28. The molecule has 2 aliphatic heterocycles. The molecule has 3 aromatic carbocycles. The monoisotopic (exact) mass is 573 g/mol. The first-order valence-corrected chi connectivity index (χ1v) is 14.6. The Morgan fingerprint density at radius 1 is 0.881 bits per heavy atom. The smallest absolute Gasteiger partial charge is 0.258 e. The van der Waals surface area contributed by atoms with Crippen molar-refractivity contribution in [3.63, 3.8) is 0 Å². The summed E-state index contributed by atoms with van der Waals surface area (Å²) < 4.78 is 27.5. The first-order valence-electron chi connectivity index (χ1n) is 14.6. The van der Waals surface area contributed by atoms with Gasteiger partial charge in [0.25, 0.3) is 5.91 Å². The van der Waals surface area contributed by atoms with Crippen molar-refractivity contribution in [2.75, 3.05) is 68.9 Å². The summed E-state index contributed by atoms with van der Waals surface area (Å²) in [5.74, 6) is -1.05. The SMILES string of the molecule is CN1CCC(Nc2cc(N3CCN(C)CC3)ccc2C(=O)Nc2n[nH]c3ccc(Cc4cc(F)cc(F)c4)cc23)CC1. The van der Waals surface area contributed by atoms with Crippen LogP contribution in [0.25, 0.3) is 10.9 Å². The number of anilines is 3. The lowest BCUT2D eigenvalue weighted by molar-refractivity contribution is 0.102. The van der Waals surface area contributed by atoms with E-state index >= 15 is 0 Å². The van der Waals surface area contributed by atoms with Gasteiger partial charge in [0.1, 0.15) is 11.6 Å². The maximum Gasteiger partial charge on any atom is 0.258 e. The van der Waals surface area contributed by atoms with Crippen molar-refractivity contribution < 1.29 is 13.6 Å². The number of nitrogens with one attached hydrogen (secondary N) is 3. The third-order valence-electron chi connectivity index (χ3n) is 8.38. The number of amides is 1. The second kappa shape index (κ2) is 12.1. The number of carbonyl (C=O) groups excluding carboxylic acids is 1. The highest BCUT2D eigenvalue weighted by molar-refractivity contribution is 6.11. The van der Waals surface area contributed by atoms with Gasteiger partial charge in [0.15, 0.2) is 5.82 Å². The lowest BCUT2D eigenvalue weighted by Gasteiger charge is -2.35. The van der Waals surface area contributed by atoms with Crippen LogP contribution >= 0.6 is 0 Å². The van der Waals surface area contributed by atoms with E-state index in [1.54, 1.807) is 0 Å². The van der Waals surface area contributed by atoms with Crippen LogP contribution in [0.4, 0.5) is 26.0 Å². The molecule has 8 nitrogen and oxygen atoms in total. The molecule has 0 bridgehead atoms. The molecule has 6 rings (SSSR count). The second-order valence-corrected chi connectivity index (χ2v) is 11.6. The van der Waals surface area contributed by atoms with E-state index in [0.29, 0.717) is 23.4 Å². The van der Waals surface area contributed by atoms with E-state index in [1.165, 1.54) is 12.1 Å². The van der Waals surface area contributed by atoms with Crippen molar-refractivity contribution in [1.29, 1.82) is 0 Å². The third-order valence-corrected chi connectivity index (χ3v) is 8.38. The molecule has 3 heterocycles. The molecule has 0 spiro atoms. The van der Waals surface area contributed by atoms with Gasteiger partial charge >= 0.3 is 0 Å². The fourth-order valence-corrected chi connectivity index (χ4v) is 5.87. The average molecular weight is 574 g/mol. The van der Waals surface area contributed by atoms with Crippen LogP contribution in [0.1, 0.15) is 34.3 Å². The van der Waals surface area contributed by atoms with Crippen LogP contribution in [0.3, 0.4) is 0 Å². The summed E-state index contributed by atoms with van der Waals surface area (Å²) in [5, 5.41) is 14.8. The molecule has 3 N–H and O–H groups in total. The summed E-state index contributed by atoms with van der Waals surface area (Å²) in [6.07, 6.45) is 2.37. The van der Waals surface area contributed by atoms with Gasteiger partial charge in [-0.15, -0.1) is 0 Å². The largest absolute Gasteiger partial charge is 0.382 e. The van der Waals surface area contributed by atoms with E-state index in [2.05, 4.69) is 55.7 Å². The molecule has 1 amide bonds. The highest BCUT2D eigenvalue weighted by Gasteiger charge is 2.23. The van der Waals surface area contributed by atoms with E-state index in [9.17, 15) is 13.6 Å². The number of H-pyrrole nitrogens is 1. The molecule has 0 aliphatic carbocycles. The molecule has 0 unspecified atom stereocenters. The topological polar surface area (TPSA) is 79.5 Å². The predicted molar refractivity (Wildman–Crippen MR) is 164 cm³/mol. The second-order valence-electron chi connectivity index (χ2n) is 11.6. The Morgan fingerprint density at radius 3 is 2.33 bits per heavy atom. The molecule has 0 saturated carbocycles. The molecule has 2 aliphatic rings. The molecule has 10 heteroatoms. The summed E-state index contributed by atoms with van der Waals surface area (Å²) in [6.45, 7) is 5.92. The standard InChI is InChI=1S/C32H37F2N7O/c1-39-9-7-25(8-10-39)35-30-20-26(41-13-11-40(2)12-14-41)4-5-27(30)32(42)36-31-28-18-21(3-6-29(28)37-38-31)15-22-16-23(33)19-24(34)17-22/h3-6,16-20,25,35H,7-15H2,1-2H3,(H2,36,37,38,42). The molecule has 4 aromatic rings. The van der Waals surface area contributed by atoms with Gasteiger partial charge < -0.3 is 25.3 Å². The number of rotatable bonds is 7. The Bertz CT molecular complexity index is 1550. The number of halogens is 2. The van der Waals surface area contributed by atoms with Gasteiger partial charge in [0, 0.05) is 55.0 Å². The molecular weight excluding hydrogens is 536 g/mol. The third kappa shape index (κ3) is 6.39. The predicted octanol–water partition coefficient (Wildman–Crippen LogP) is 4.94. The Balaban J connectivity index is 1.25. The van der Waals surface area contributed by atoms with Crippen molar-refractivity contribution in [3.8, 4) is 0 Å². The fourth-order valence-electron chi connectivity index (χ4n) is 5.87. The highest BCUT2D eigenvalue weighted by atomic mass is 19.1. The van der Waals surface area contributed by atoms with Crippen molar-refractivity contribution >= 4 is 34.0 Å². The van der Waals surface area contributed by atoms with E-state index < -0.39 is 11.6 Å². The highest BCUT2D eigenvalue weighted by Crippen LogP contribution is 2.29. The number of piperidine rings is 1. The van der Waals surface area contributed by atoms with Crippen LogP contribution in [-0.4, -0.2) is 85.3 Å². The zero-order valence-corrected chi connectivity index (χ0v) is 24.1. The van der Waals surface area contributed by atoms with Crippen LogP contribution in [0.2, 0.25) is 0 Å². The van der Waals surface area contributed by atoms with Gasteiger partial charge in [-0.05, 0) is 100 Å². The van der Waals surface area contributed by atoms with E-state index in [-0.39, 0.29) is 11.9 Å². The number of nitrogens with zero attached hydrogens (tertiary/aromatic N) is 4. The molecular formula is C32H37F2N7O. The van der Waals surface area contributed by atoms with E-state index in [1.807, 2.05) is 30.3 Å². The molecule has 0 radical (unpaired) electrons. The van der Waals surface area contributed by atoms with Crippen LogP contribution < -0.4 is 15.5 Å². The first-order chi connectivity index (χ1) is 20.3. The Hall–Kier alpha value is -4.02. The number of aromatic amines is 1. The Kier molecular flexibility index (Phi) is 8.08. The van der Waals surface area contributed by atoms with Crippen molar-refractivity contribution in [1.82, 2.24) is 20.0 Å². The first kappa shape index (κ1) is 28.1. The van der Waals surface area contributed by atoms with Gasteiger partial charge in [0.05, 0.1) is 11.1 Å².